The van der Waals surface area contributed by atoms with Crippen LogP contribution in [0.15, 0.2) is 42.5 Å². The molecule has 1 aliphatic rings. The SMILES string of the molecule is COc1ccc(NC(=O)[C@@H]2Cc3ccc(OCC(=O)NO)cc3CN2)cc1.Cl. The van der Waals surface area contributed by atoms with Crippen LogP contribution < -0.4 is 25.6 Å². The lowest BCUT2D eigenvalue weighted by atomic mass is 9.95. The van der Waals surface area contributed by atoms with Crippen molar-refractivity contribution in [2.45, 2.75) is 19.0 Å². The lowest BCUT2D eigenvalue weighted by Crippen LogP contribution is -2.44. The van der Waals surface area contributed by atoms with Crippen LogP contribution in [0.1, 0.15) is 11.1 Å². The van der Waals surface area contributed by atoms with E-state index in [0.717, 1.165) is 16.9 Å². The fourth-order valence-corrected chi connectivity index (χ4v) is 2.85. The maximum Gasteiger partial charge on any atom is 0.281 e. The quantitative estimate of drug-likeness (QED) is 0.428. The van der Waals surface area contributed by atoms with Crippen LogP contribution in [-0.4, -0.2) is 36.8 Å². The summed E-state index contributed by atoms with van der Waals surface area (Å²) in [5, 5.41) is 14.6. The zero-order valence-electron chi connectivity index (χ0n) is 15.2. The molecule has 0 fully saturated rings. The maximum absolute atomic E-state index is 12.5. The van der Waals surface area contributed by atoms with E-state index in [4.69, 9.17) is 14.7 Å². The van der Waals surface area contributed by atoms with Gasteiger partial charge in [0, 0.05) is 12.2 Å². The van der Waals surface area contributed by atoms with Crippen LogP contribution in [0, 0.1) is 0 Å². The molecule has 2 amide bonds. The Hall–Kier alpha value is -2.81. The summed E-state index contributed by atoms with van der Waals surface area (Å²) in [4.78, 5) is 23.5. The topological polar surface area (TPSA) is 109 Å². The second kappa shape index (κ2) is 9.93. The number of rotatable bonds is 6. The van der Waals surface area contributed by atoms with Crippen LogP contribution in [0.3, 0.4) is 0 Å². The maximum atomic E-state index is 12.5. The first-order valence-electron chi connectivity index (χ1n) is 8.45. The third-order valence-corrected chi connectivity index (χ3v) is 4.31. The van der Waals surface area contributed by atoms with Crippen LogP contribution in [0.5, 0.6) is 11.5 Å². The van der Waals surface area contributed by atoms with Crippen molar-refractivity contribution in [3.05, 3.63) is 53.6 Å². The molecule has 0 radical (unpaired) electrons. The standard InChI is InChI=1S/C19H21N3O5.ClH/c1-26-15-6-3-14(4-7-15)21-19(24)17-9-12-2-5-16(8-13(12)10-20-17)27-11-18(23)22-25;/h2-8,17,20,25H,9-11H2,1H3,(H,21,24)(H,22,23);1H/t17-;/m0./s1. The van der Waals surface area contributed by atoms with Gasteiger partial charge in [-0.2, -0.15) is 0 Å². The molecule has 0 spiro atoms. The fourth-order valence-electron chi connectivity index (χ4n) is 2.85. The second-order valence-electron chi connectivity index (χ2n) is 6.11. The number of fused-ring (bicyclic) bond motifs is 1. The predicted molar refractivity (Wildman–Crippen MR) is 105 cm³/mol. The Morgan fingerprint density at radius 2 is 1.86 bits per heavy atom. The molecule has 0 saturated carbocycles. The van der Waals surface area contributed by atoms with Crippen molar-refractivity contribution < 1.29 is 24.3 Å². The largest absolute Gasteiger partial charge is 0.497 e. The fraction of sp³-hybridized carbons (Fsp3) is 0.263. The molecule has 1 atom stereocenters. The van der Waals surface area contributed by atoms with Crippen molar-refractivity contribution in [3.63, 3.8) is 0 Å². The summed E-state index contributed by atoms with van der Waals surface area (Å²) < 4.78 is 10.4. The zero-order chi connectivity index (χ0) is 19.2. The number of amides is 2. The van der Waals surface area contributed by atoms with E-state index in [-0.39, 0.29) is 31.0 Å². The number of hydrogen-bond acceptors (Lipinski definition) is 6. The minimum atomic E-state index is -0.624. The molecule has 8 nitrogen and oxygen atoms in total. The monoisotopic (exact) mass is 407 g/mol. The van der Waals surface area contributed by atoms with E-state index in [9.17, 15) is 9.59 Å². The van der Waals surface area contributed by atoms with Gasteiger partial charge in [0.1, 0.15) is 11.5 Å². The first-order valence-corrected chi connectivity index (χ1v) is 8.45. The first-order chi connectivity index (χ1) is 13.1. The molecule has 150 valence electrons. The Balaban J connectivity index is 0.00000280. The lowest BCUT2D eigenvalue weighted by Gasteiger charge is -2.26. The number of halogens is 1. The first kappa shape index (κ1) is 21.5. The van der Waals surface area contributed by atoms with Gasteiger partial charge in [0.25, 0.3) is 5.91 Å². The molecule has 0 aliphatic carbocycles. The average molecular weight is 408 g/mol. The van der Waals surface area contributed by atoms with E-state index in [1.54, 1.807) is 37.4 Å². The van der Waals surface area contributed by atoms with Crippen molar-refractivity contribution in [1.82, 2.24) is 10.8 Å². The number of hydroxylamine groups is 1. The molecule has 4 N–H and O–H groups in total. The molecule has 0 bridgehead atoms. The van der Waals surface area contributed by atoms with Gasteiger partial charge in [-0.3, -0.25) is 14.8 Å². The average Bonchev–Trinajstić information content (AvgIpc) is 2.71. The molecular weight excluding hydrogens is 386 g/mol. The Labute approximate surface area is 168 Å². The van der Waals surface area contributed by atoms with Crippen molar-refractivity contribution in [3.8, 4) is 11.5 Å². The predicted octanol–water partition coefficient (Wildman–Crippen LogP) is 1.65. The minimum Gasteiger partial charge on any atom is -0.497 e. The third-order valence-electron chi connectivity index (χ3n) is 4.31. The highest BCUT2D eigenvalue weighted by molar-refractivity contribution is 5.95. The van der Waals surface area contributed by atoms with Gasteiger partial charge in [-0.15, -0.1) is 12.4 Å². The minimum absolute atomic E-state index is 0. The van der Waals surface area contributed by atoms with Crippen molar-refractivity contribution in [1.29, 1.82) is 0 Å². The molecule has 28 heavy (non-hydrogen) atoms. The van der Waals surface area contributed by atoms with Gasteiger partial charge >= 0.3 is 0 Å². The normalized spacial score (nSPS) is 14.9. The molecule has 2 aromatic carbocycles. The van der Waals surface area contributed by atoms with Crippen LogP contribution in [0.2, 0.25) is 0 Å². The van der Waals surface area contributed by atoms with E-state index < -0.39 is 5.91 Å². The highest BCUT2D eigenvalue weighted by atomic mass is 35.5. The number of anilines is 1. The molecule has 2 aromatic rings. The van der Waals surface area contributed by atoms with E-state index in [1.165, 1.54) is 5.48 Å². The van der Waals surface area contributed by atoms with Crippen molar-refractivity contribution in [2.24, 2.45) is 0 Å². The van der Waals surface area contributed by atoms with Crippen LogP contribution in [-0.2, 0) is 22.6 Å². The molecule has 3 rings (SSSR count). The summed E-state index contributed by atoms with van der Waals surface area (Å²) in [6.45, 7) is 0.245. The molecule has 0 saturated heterocycles. The Morgan fingerprint density at radius 3 is 2.54 bits per heavy atom. The Kier molecular flexibility index (Phi) is 7.62. The smallest absolute Gasteiger partial charge is 0.281 e. The van der Waals surface area contributed by atoms with E-state index >= 15 is 0 Å². The van der Waals surface area contributed by atoms with Crippen LogP contribution in [0.4, 0.5) is 5.69 Å². The number of hydrogen-bond donors (Lipinski definition) is 4. The number of benzene rings is 2. The highest BCUT2D eigenvalue weighted by Crippen LogP contribution is 2.23. The summed E-state index contributed by atoms with van der Waals surface area (Å²) in [6, 6.07) is 12.3. The second-order valence-corrected chi connectivity index (χ2v) is 6.11. The van der Waals surface area contributed by atoms with Crippen LogP contribution in [0.25, 0.3) is 0 Å². The summed E-state index contributed by atoms with van der Waals surface area (Å²) in [7, 11) is 1.59. The Morgan fingerprint density at radius 1 is 1.14 bits per heavy atom. The number of methoxy groups -OCH3 is 1. The molecule has 1 heterocycles. The number of carbonyl (C=O) groups is 2. The molecular formula is C19H22ClN3O5. The lowest BCUT2D eigenvalue weighted by molar-refractivity contribution is -0.131. The van der Waals surface area contributed by atoms with E-state index in [2.05, 4.69) is 10.6 Å². The molecule has 0 aromatic heterocycles. The number of carbonyl (C=O) groups excluding carboxylic acids is 2. The summed E-state index contributed by atoms with van der Waals surface area (Å²) in [5.41, 5.74) is 4.27. The summed E-state index contributed by atoms with van der Waals surface area (Å²) in [6.07, 6.45) is 0.550. The van der Waals surface area contributed by atoms with Gasteiger partial charge < -0.3 is 20.1 Å². The van der Waals surface area contributed by atoms with Crippen molar-refractivity contribution >= 4 is 29.9 Å². The molecule has 1 aliphatic heterocycles. The molecule has 0 unspecified atom stereocenters. The number of nitrogens with one attached hydrogen (secondary N) is 3. The summed E-state index contributed by atoms with van der Waals surface area (Å²) in [5.74, 6) is 0.527. The van der Waals surface area contributed by atoms with Gasteiger partial charge in [0.2, 0.25) is 5.91 Å². The molecule has 9 heteroatoms. The third kappa shape index (κ3) is 5.35. The van der Waals surface area contributed by atoms with E-state index in [0.29, 0.717) is 24.4 Å². The van der Waals surface area contributed by atoms with Crippen molar-refractivity contribution in [2.75, 3.05) is 19.0 Å². The van der Waals surface area contributed by atoms with Gasteiger partial charge in [-0.1, -0.05) is 6.07 Å². The van der Waals surface area contributed by atoms with Gasteiger partial charge in [-0.05, 0) is 53.9 Å². The number of ether oxygens (including phenoxy) is 2. The van der Waals surface area contributed by atoms with Gasteiger partial charge in [0.15, 0.2) is 6.61 Å². The van der Waals surface area contributed by atoms with Gasteiger partial charge in [0.05, 0.1) is 13.2 Å². The highest BCUT2D eigenvalue weighted by Gasteiger charge is 2.24. The zero-order valence-corrected chi connectivity index (χ0v) is 16.0. The van der Waals surface area contributed by atoms with E-state index in [1.807, 2.05) is 12.1 Å². The van der Waals surface area contributed by atoms with Gasteiger partial charge in [-0.25, -0.2) is 5.48 Å². The summed E-state index contributed by atoms with van der Waals surface area (Å²) >= 11 is 0. The van der Waals surface area contributed by atoms with Crippen LogP contribution >= 0.6 is 12.4 Å². The Bertz CT molecular complexity index is 829.